The van der Waals surface area contributed by atoms with Crippen molar-refractivity contribution in [3.8, 4) is 0 Å². The highest BCUT2D eigenvalue weighted by Crippen LogP contribution is 2.22. The van der Waals surface area contributed by atoms with Crippen molar-refractivity contribution in [1.82, 2.24) is 0 Å². The van der Waals surface area contributed by atoms with Gasteiger partial charge in [-0.05, 0) is 0 Å². The van der Waals surface area contributed by atoms with Crippen LogP contribution in [0, 0.1) is 0 Å². The van der Waals surface area contributed by atoms with Gasteiger partial charge in [-0.2, -0.15) is 0 Å². The van der Waals surface area contributed by atoms with Gasteiger partial charge in [-0.3, -0.25) is 0 Å². The van der Waals surface area contributed by atoms with Crippen molar-refractivity contribution in [3.63, 3.8) is 0 Å². The van der Waals surface area contributed by atoms with Crippen LogP contribution in [0.15, 0.2) is 30.3 Å². The topological polar surface area (TPSA) is 0 Å². The predicted molar refractivity (Wildman–Crippen MR) is 88.1 cm³/mol. The lowest BCUT2D eigenvalue weighted by Gasteiger charge is -2.31. The molecule has 0 aliphatic carbocycles. The first kappa shape index (κ1) is 14.9. The molecule has 0 N–H and O–H groups in total. The van der Waals surface area contributed by atoms with Crippen molar-refractivity contribution in [3.05, 3.63) is 30.3 Å². The maximum atomic E-state index is 2.61. The van der Waals surface area contributed by atoms with E-state index < -0.39 is 15.7 Å². The van der Waals surface area contributed by atoms with Gasteiger partial charge in [0.05, 0.1) is 8.31 Å². The lowest BCUT2D eigenvalue weighted by atomic mass is 10.4. The van der Waals surface area contributed by atoms with E-state index in [0.717, 1.165) is 0 Å². The largest absolute Gasteiger partial charge is 0.0740 e. The predicted octanol–water partition coefficient (Wildman–Crippen LogP) is 4.14. The molecule has 0 bridgehead atoms. The smallest absolute Gasteiger partial charge is 0.0712 e. The molecule has 0 aliphatic rings. The third-order valence-electron chi connectivity index (χ3n) is 3.72. The molecule has 1 aromatic carbocycles. The molecule has 0 spiro atoms. The van der Waals surface area contributed by atoms with Crippen molar-refractivity contribution >= 4 is 29.2 Å². The van der Waals surface area contributed by atoms with Gasteiger partial charge in [-0.25, -0.2) is 0 Å². The molecule has 0 nitrogen and oxygen atoms in total. The van der Waals surface area contributed by atoms with Crippen molar-refractivity contribution in [2.45, 2.75) is 51.4 Å². The lowest BCUT2D eigenvalue weighted by Crippen LogP contribution is -2.52. The molecule has 1 rings (SSSR count). The first-order valence-electron chi connectivity index (χ1n) is 6.62. The Hall–Kier alpha value is -0.129. The van der Waals surface area contributed by atoms with Crippen LogP contribution in [0.3, 0.4) is 0 Å². The van der Waals surface area contributed by atoms with E-state index in [0.29, 0.717) is 0 Å². The molecule has 0 aromatic heterocycles. The molecule has 3 heteroatoms. The summed E-state index contributed by atoms with van der Waals surface area (Å²) in [7, 11) is -2.19. The summed E-state index contributed by atoms with van der Waals surface area (Å²) in [4.78, 5) is 0. The normalized spacial score (nSPS) is 13.1. The highest BCUT2D eigenvalue weighted by Gasteiger charge is 2.32. The molecule has 0 fully saturated rings. The Morgan fingerprint density at radius 3 is 1.88 bits per heavy atom. The van der Waals surface area contributed by atoms with E-state index in [9.17, 15) is 0 Å². The average molecular weight is 280 g/mol. The van der Waals surface area contributed by atoms with Crippen molar-refractivity contribution < 1.29 is 0 Å². The fourth-order valence-corrected chi connectivity index (χ4v) is 14.4. The monoisotopic (exact) mass is 279 g/mol. The Labute approximate surface area is 111 Å². The van der Waals surface area contributed by atoms with Gasteiger partial charge in [-0.15, -0.1) is 0 Å². The number of benzene rings is 1. The molecule has 1 radical (unpaired) electrons. The zero-order valence-corrected chi connectivity index (χ0v) is 15.3. The van der Waals surface area contributed by atoms with Crippen LogP contribution in [-0.4, -0.2) is 24.0 Å². The van der Waals surface area contributed by atoms with Crippen LogP contribution in [0.2, 0.25) is 51.4 Å². The van der Waals surface area contributed by atoms with Crippen molar-refractivity contribution in [1.29, 1.82) is 0 Å². The summed E-state index contributed by atoms with van der Waals surface area (Å²) in [5, 5.41) is 1.64. The van der Waals surface area contributed by atoms with Gasteiger partial charge in [0, 0.05) is 15.7 Å². The lowest BCUT2D eigenvalue weighted by molar-refractivity contribution is 1.29. The zero-order valence-electron chi connectivity index (χ0n) is 12.3. The average Bonchev–Trinajstić information content (AvgIpc) is 2.26. The van der Waals surface area contributed by atoms with Gasteiger partial charge in [0.2, 0.25) is 0 Å². The van der Waals surface area contributed by atoms with Gasteiger partial charge >= 0.3 is 0 Å². The summed E-state index contributed by atoms with van der Waals surface area (Å²) >= 11 is 0. The number of hydrogen-bond acceptors (Lipinski definition) is 0. The van der Waals surface area contributed by atoms with E-state index in [2.05, 4.69) is 69.6 Å². The van der Waals surface area contributed by atoms with Crippen LogP contribution in [0.1, 0.15) is 0 Å². The second kappa shape index (κ2) is 5.67. The van der Waals surface area contributed by atoms with E-state index in [-0.39, 0.29) is 8.31 Å². The number of hydrogen-bond donors (Lipinski definition) is 0. The van der Waals surface area contributed by atoms with Crippen LogP contribution < -0.4 is 5.19 Å². The maximum Gasteiger partial charge on any atom is 0.0740 e. The second-order valence-electron chi connectivity index (χ2n) is 6.94. The molecule has 0 saturated carbocycles. The summed E-state index contributed by atoms with van der Waals surface area (Å²) in [6.45, 7) is 15.3. The first-order chi connectivity index (χ1) is 7.72. The Balaban J connectivity index is 2.70. The molecule has 0 saturated heterocycles. The SMILES string of the molecule is C[Si](c1ccccc1)[Si](C)(C)CC[Si](C)(C)C. The quantitative estimate of drug-likeness (QED) is 0.711. The summed E-state index contributed by atoms with van der Waals surface area (Å²) in [6.07, 6.45) is 0. The van der Waals surface area contributed by atoms with E-state index in [1.165, 1.54) is 12.1 Å². The molecule has 0 atom stereocenters. The van der Waals surface area contributed by atoms with Gasteiger partial charge in [0.25, 0.3) is 0 Å². The van der Waals surface area contributed by atoms with Crippen LogP contribution >= 0.6 is 0 Å². The van der Waals surface area contributed by atoms with Gasteiger partial charge < -0.3 is 0 Å². The minimum Gasteiger partial charge on any atom is -0.0712 e. The molecule has 95 valence electrons. The van der Waals surface area contributed by atoms with E-state index in [4.69, 9.17) is 0 Å². The van der Waals surface area contributed by atoms with Crippen LogP contribution in [0.4, 0.5) is 0 Å². The summed E-state index contributed by atoms with van der Waals surface area (Å²) in [5.41, 5.74) is 0. The van der Waals surface area contributed by atoms with Gasteiger partial charge in [0.15, 0.2) is 0 Å². The summed E-state index contributed by atoms with van der Waals surface area (Å²) < 4.78 is 0. The van der Waals surface area contributed by atoms with Gasteiger partial charge in [0.1, 0.15) is 0 Å². The third kappa shape index (κ3) is 4.94. The van der Waals surface area contributed by atoms with Crippen molar-refractivity contribution in [2.24, 2.45) is 0 Å². The molecule has 1 aromatic rings. The van der Waals surface area contributed by atoms with Gasteiger partial charge in [-0.1, -0.05) is 86.9 Å². The molecule has 0 amide bonds. The van der Waals surface area contributed by atoms with Crippen LogP contribution in [-0.2, 0) is 0 Å². The fraction of sp³-hybridized carbons (Fsp3) is 0.571. The maximum absolute atomic E-state index is 2.61. The fourth-order valence-electron chi connectivity index (χ4n) is 1.95. The van der Waals surface area contributed by atoms with E-state index >= 15 is 0 Å². The highest BCUT2D eigenvalue weighted by molar-refractivity contribution is 7.36. The minimum absolute atomic E-state index is 0.304. The summed E-state index contributed by atoms with van der Waals surface area (Å²) in [5.74, 6) is 0. The minimum atomic E-state index is -1.02. The summed E-state index contributed by atoms with van der Waals surface area (Å²) in [6, 6.07) is 14.3. The molecular formula is C14H27Si3. The Kier molecular flexibility index (Phi) is 4.98. The molecule has 0 unspecified atom stereocenters. The zero-order chi connectivity index (χ0) is 13.1. The Bertz CT molecular complexity index is 338. The molecular weight excluding hydrogens is 252 g/mol. The van der Waals surface area contributed by atoms with E-state index in [1.54, 1.807) is 5.19 Å². The van der Waals surface area contributed by atoms with Crippen LogP contribution in [0.5, 0.6) is 0 Å². The Morgan fingerprint density at radius 2 is 1.41 bits per heavy atom. The second-order valence-corrected chi connectivity index (χ2v) is 25.0. The highest BCUT2D eigenvalue weighted by atomic mass is 29.2. The first-order valence-corrected chi connectivity index (χ1v) is 16.5. The Morgan fingerprint density at radius 1 is 0.882 bits per heavy atom. The molecule has 0 aliphatic heterocycles. The van der Waals surface area contributed by atoms with E-state index in [1.807, 2.05) is 0 Å². The third-order valence-corrected chi connectivity index (χ3v) is 18.4. The standard InChI is InChI=1S/C14H27Si3/c1-15(14-10-8-7-9-11-14)17(5,6)13-12-16(2,3)4/h7-11H,12-13H2,1-6H3. The van der Waals surface area contributed by atoms with Crippen molar-refractivity contribution in [2.75, 3.05) is 0 Å². The number of rotatable bonds is 5. The molecule has 0 heterocycles. The molecule has 17 heavy (non-hydrogen) atoms. The van der Waals surface area contributed by atoms with Crippen LogP contribution in [0.25, 0.3) is 0 Å².